The number of fused-ring (bicyclic) bond motifs is 1. The molecule has 0 radical (unpaired) electrons. The number of nitrogens with one attached hydrogen (secondary N) is 1. The molecule has 1 aliphatic heterocycles. The van der Waals surface area contributed by atoms with Crippen molar-refractivity contribution in [3.8, 4) is 0 Å². The Labute approximate surface area is 183 Å². The van der Waals surface area contributed by atoms with Crippen LogP contribution in [0.25, 0.3) is 0 Å². The summed E-state index contributed by atoms with van der Waals surface area (Å²) < 4.78 is 55.3. The largest absolute Gasteiger partial charge is 0.416 e. The summed E-state index contributed by atoms with van der Waals surface area (Å²) >= 11 is 6.07. The zero-order chi connectivity index (χ0) is 23.4. The standard InChI is InChI=1S/C19H17ClF4N6O2/c1-9(11-4-3-10(21)7-12(11)19(22,23)24)30-13-5-6-29(18(2,32)16(13)26-28-30)14-8-25-27-17(31)15(14)20/h3-4,7-9,32H,5-6H2,1-2H3,(H,27,31)/t9-,18?/m1/s1. The predicted molar refractivity (Wildman–Crippen MR) is 106 cm³/mol. The molecule has 0 aliphatic carbocycles. The number of aliphatic hydroxyl groups is 1. The lowest BCUT2D eigenvalue weighted by molar-refractivity contribution is -0.138. The first kappa shape index (κ1) is 22.2. The highest BCUT2D eigenvalue weighted by molar-refractivity contribution is 6.33. The maximum Gasteiger partial charge on any atom is 0.416 e. The number of aromatic amines is 1. The second kappa shape index (κ2) is 7.55. The Bertz CT molecular complexity index is 1240. The Morgan fingerprint density at radius 2 is 2.06 bits per heavy atom. The molecule has 13 heteroatoms. The molecule has 0 saturated heterocycles. The number of aromatic nitrogens is 5. The Hall–Kier alpha value is -2.99. The maximum absolute atomic E-state index is 13.5. The van der Waals surface area contributed by atoms with Gasteiger partial charge in [-0.1, -0.05) is 22.9 Å². The maximum atomic E-state index is 13.5. The average molecular weight is 473 g/mol. The Balaban J connectivity index is 1.77. The SMILES string of the molecule is C[C@H](c1ccc(F)cc1C(F)(F)F)n1nnc2c1CCN(c1cn[nH]c(=O)c1Cl)C2(C)O. The predicted octanol–water partition coefficient (Wildman–Crippen LogP) is 3.01. The lowest BCUT2D eigenvalue weighted by Crippen LogP contribution is -2.50. The third-order valence-corrected chi connectivity index (χ3v) is 5.91. The van der Waals surface area contributed by atoms with Crippen molar-refractivity contribution in [2.45, 2.75) is 38.2 Å². The summed E-state index contributed by atoms with van der Waals surface area (Å²) in [6, 6.07) is 1.50. The van der Waals surface area contributed by atoms with Gasteiger partial charge in [-0.15, -0.1) is 5.10 Å². The minimum absolute atomic E-state index is 0.0996. The van der Waals surface area contributed by atoms with E-state index in [1.165, 1.54) is 29.6 Å². The molecule has 2 N–H and O–H groups in total. The molecule has 0 amide bonds. The topological polar surface area (TPSA) is 99.9 Å². The van der Waals surface area contributed by atoms with E-state index in [0.29, 0.717) is 11.8 Å². The molecule has 3 aromatic rings. The molecule has 8 nitrogen and oxygen atoms in total. The molecular formula is C19H17ClF4N6O2. The molecule has 0 bridgehead atoms. The lowest BCUT2D eigenvalue weighted by Gasteiger charge is -2.41. The van der Waals surface area contributed by atoms with Crippen LogP contribution in [-0.2, 0) is 18.3 Å². The fraction of sp³-hybridized carbons (Fsp3) is 0.368. The van der Waals surface area contributed by atoms with Crippen LogP contribution in [0.2, 0.25) is 5.02 Å². The molecule has 1 aromatic carbocycles. The second-order valence-corrected chi connectivity index (χ2v) is 7.93. The van der Waals surface area contributed by atoms with Crippen molar-refractivity contribution >= 4 is 17.3 Å². The highest BCUT2D eigenvalue weighted by Gasteiger charge is 2.43. The summed E-state index contributed by atoms with van der Waals surface area (Å²) in [5, 5.41) is 24.9. The molecule has 0 saturated carbocycles. The van der Waals surface area contributed by atoms with Crippen LogP contribution in [0, 0.1) is 5.82 Å². The van der Waals surface area contributed by atoms with Gasteiger partial charge in [0.05, 0.1) is 29.2 Å². The smallest absolute Gasteiger partial charge is 0.366 e. The minimum atomic E-state index is -4.77. The van der Waals surface area contributed by atoms with Crippen molar-refractivity contribution in [1.29, 1.82) is 0 Å². The highest BCUT2D eigenvalue weighted by Crippen LogP contribution is 2.40. The van der Waals surface area contributed by atoms with E-state index < -0.39 is 34.9 Å². The van der Waals surface area contributed by atoms with Crippen LogP contribution < -0.4 is 10.5 Å². The number of H-pyrrole nitrogens is 1. The summed E-state index contributed by atoms with van der Waals surface area (Å²) in [5.41, 5.74) is -3.03. The van der Waals surface area contributed by atoms with Gasteiger partial charge in [-0.2, -0.15) is 18.3 Å². The minimum Gasteiger partial charge on any atom is -0.366 e. The van der Waals surface area contributed by atoms with E-state index in [-0.39, 0.29) is 34.9 Å². The number of rotatable bonds is 3. The van der Waals surface area contributed by atoms with Crippen molar-refractivity contribution in [2.75, 3.05) is 11.4 Å². The summed E-state index contributed by atoms with van der Waals surface area (Å²) in [7, 11) is 0. The fourth-order valence-electron chi connectivity index (χ4n) is 3.98. The van der Waals surface area contributed by atoms with E-state index in [9.17, 15) is 27.5 Å². The monoisotopic (exact) mass is 472 g/mol. The van der Waals surface area contributed by atoms with Gasteiger partial charge in [-0.05, 0) is 31.5 Å². The summed E-state index contributed by atoms with van der Waals surface area (Å²) in [4.78, 5) is 13.2. The summed E-state index contributed by atoms with van der Waals surface area (Å²) in [5.74, 6) is -1.00. The Morgan fingerprint density at radius 1 is 1.34 bits per heavy atom. The molecule has 0 spiro atoms. The third-order valence-electron chi connectivity index (χ3n) is 5.54. The number of benzene rings is 1. The van der Waals surface area contributed by atoms with E-state index in [1.54, 1.807) is 0 Å². The van der Waals surface area contributed by atoms with Crippen LogP contribution in [0.1, 0.15) is 42.4 Å². The van der Waals surface area contributed by atoms with E-state index in [1.807, 2.05) is 0 Å². The summed E-state index contributed by atoms with van der Waals surface area (Å²) in [6.07, 6.45) is -3.25. The summed E-state index contributed by atoms with van der Waals surface area (Å²) in [6.45, 7) is 3.04. The van der Waals surface area contributed by atoms with Gasteiger partial charge in [0.15, 0.2) is 5.72 Å². The van der Waals surface area contributed by atoms with Crippen LogP contribution in [0.15, 0.2) is 29.2 Å². The van der Waals surface area contributed by atoms with Crippen molar-refractivity contribution in [2.24, 2.45) is 0 Å². The van der Waals surface area contributed by atoms with Crippen molar-refractivity contribution in [3.05, 3.63) is 68.1 Å². The molecule has 2 aromatic heterocycles. The molecule has 1 unspecified atom stereocenters. The van der Waals surface area contributed by atoms with Crippen molar-refractivity contribution in [1.82, 2.24) is 25.2 Å². The van der Waals surface area contributed by atoms with Gasteiger partial charge in [-0.3, -0.25) is 4.79 Å². The number of hydrogen-bond acceptors (Lipinski definition) is 6. The zero-order valence-corrected chi connectivity index (χ0v) is 17.5. The molecule has 32 heavy (non-hydrogen) atoms. The van der Waals surface area contributed by atoms with Crippen LogP contribution in [0.5, 0.6) is 0 Å². The van der Waals surface area contributed by atoms with Gasteiger partial charge >= 0.3 is 6.18 Å². The first-order valence-corrected chi connectivity index (χ1v) is 9.85. The highest BCUT2D eigenvalue weighted by atomic mass is 35.5. The number of hydrogen-bond donors (Lipinski definition) is 2. The number of alkyl halides is 3. The number of anilines is 1. The lowest BCUT2D eigenvalue weighted by atomic mass is 9.97. The quantitative estimate of drug-likeness (QED) is 0.568. The first-order valence-electron chi connectivity index (χ1n) is 9.47. The number of halogens is 5. The average Bonchev–Trinajstić information content (AvgIpc) is 3.15. The molecule has 0 fully saturated rings. The van der Waals surface area contributed by atoms with Gasteiger partial charge in [0.2, 0.25) is 0 Å². The van der Waals surface area contributed by atoms with E-state index in [2.05, 4.69) is 20.5 Å². The molecular weight excluding hydrogens is 456 g/mol. The first-order chi connectivity index (χ1) is 14.9. The Morgan fingerprint density at radius 3 is 2.75 bits per heavy atom. The number of nitrogens with zero attached hydrogens (tertiary/aromatic N) is 5. The van der Waals surface area contributed by atoms with Gasteiger partial charge < -0.3 is 10.0 Å². The molecule has 1 aliphatic rings. The van der Waals surface area contributed by atoms with Gasteiger partial charge in [0.1, 0.15) is 16.5 Å². The van der Waals surface area contributed by atoms with Gasteiger partial charge in [0.25, 0.3) is 5.56 Å². The Kier molecular flexibility index (Phi) is 5.24. The van der Waals surface area contributed by atoms with Crippen molar-refractivity contribution in [3.63, 3.8) is 0 Å². The van der Waals surface area contributed by atoms with Gasteiger partial charge in [0, 0.05) is 13.0 Å². The van der Waals surface area contributed by atoms with Crippen LogP contribution in [0.3, 0.4) is 0 Å². The van der Waals surface area contributed by atoms with Crippen molar-refractivity contribution < 1.29 is 22.7 Å². The van der Waals surface area contributed by atoms with E-state index in [4.69, 9.17) is 11.6 Å². The second-order valence-electron chi connectivity index (χ2n) is 7.56. The molecule has 2 atom stereocenters. The van der Waals surface area contributed by atoms with Crippen LogP contribution in [-0.4, -0.2) is 36.8 Å². The van der Waals surface area contributed by atoms with Crippen LogP contribution >= 0.6 is 11.6 Å². The zero-order valence-electron chi connectivity index (χ0n) is 16.8. The van der Waals surface area contributed by atoms with E-state index in [0.717, 1.165) is 12.1 Å². The van der Waals surface area contributed by atoms with Crippen LogP contribution in [0.4, 0.5) is 23.2 Å². The van der Waals surface area contributed by atoms with Gasteiger partial charge in [-0.25, -0.2) is 14.2 Å². The fourth-order valence-corrected chi connectivity index (χ4v) is 4.17. The van der Waals surface area contributed by atoms with E-state index >= 15 is 0 Å². The third kappa shape index (κ3) is 3.52. The molecule has 170 valence electrons. The molecule has 3 heterocycles. The molecule has 4 rings (SSSR count). The normalized spacial score (nSPS) is 19.7.